The van der Waals surface area contributed by atoms with Crippen molar-refractivity contribution in [2.45, 2.75) is 25.2 Å². The highest BCUT2D eigenvalue weighted by molar-refractivity contribution is 5.88. The Bertz CT molecular complexity index is 720. The third kappa shape index (κ3) is 2.91. The van der Waals surface area contributed by atoms with Crippen molar-refractivity contribution in [1.82, 2.24) is 4.98 Å². The minimum atomic E-state index is -0.315. The lowest BCUT2D eigenvalue weighted by atomic mass is 9.94. The Morgan fingerprint density at radius 2 is 1.96 bits per heavy atom. The fourth-order valence-electron chi connectivity index (χ4n) is 3.28. The van der Waals surface area contributed by atoms with Gasteiger partial charge in [-0.25, -0.2) is 4.79 Å². The summed E-state index contributed by atoms with van der Waals surface area (Å²) in [6, 6.07) is 7.94. The van der Waals surface area contributed by atoms with E-state index in [1.165, 1.54) is 18.2 Å². The number of carbonyl (C=O) groups excluding carboxylic acids is 1. The van der Waals surface area contributed by atoms with Gasteiger partial charge in [0.1, 0.15) is 5.69 Å². The van der Waals surface area contributed by atoms with E-state index in [9.17, 15) is 4.79 Å². The van der Waals surface area contributed by atoms with E-state index < -0.39 is 0 Å². The zero-order valence-corrected chi connectivity index (χ0v) is 13.6. The van der Waals surface area contributed by atoms with Crippen LogP contribution in [0.15, 0.2) is 24.3 Å². The number of aromatic nitrogens is 1. The molecule has 1 aromatic heterocycles. The van der Waals surface area contributed by atoms with Gasteiger partial charge in [-0.3, -0.25) is 0 Å². The molecular formula is C18H21NO4. The van der Waals surface area contributed by atoms with Crippen LogP contribution in [0.3, 0.4) is 0 Å². The number of carbonyl (C=O) groups is 1. The lowest BCUT2D eigenvalue weighted by Gasteiger charge is -2.13. The third-order valence-corrected chi connectivity index (χ3v) is 4.45. The van der Waals surface area contributed by atoms with E-state index in [4.69, 9.17) is 14.2 Å². The largest absolute Gasteiger partial charge is 0.493 e. The lowest BCUT2D eigenvalue weighted by molar-refractivity contribution is 0.0594. The molecule has 0 spiro atoms. The average molecular weight is 315 g/mol. The molecule has 1 unspecified atom stereocenters. The van der Waals surface area contributed by atoms with Crippen molar-refractivity contribution in [2.24, 2.45) is 0 Å². The van der Waals surface area contributed by atoms with Crippen LogP contribution in [0, 0.1) is 0 Å². The first-order valence-corrected chi connectivity index (χ1v) is 7.67. The molecule has 5 heteroatoms. The van der Waals surface area contributed by atoms with E-state index in [1.54, 1.807) is 14.2 Å². The van der Waals surface area contributed by atoms with Gasteiger partial charge >= 0.3 is 5.97 Å². The van der Waals surface area contributed by atoms with Gasteiger partial charge in [0, 0.05) is 5.69 Å². The zero-order valence-electron chi connectivity index (χ0n) is 13.6. The number of fused-ring (bicyclic) bond motifs is 1. The Labute approximate surface area is 135 Å². The quantitative estimate of drug-likeness (QED) is 0.861. The molecule has 0 amide bonds. The molecule has 0 saturated carbocycles. The first-order valence-electron chi connectivity index (χ1n) is 7.67. The molecule has 1 aliphatic rings. The standard InChI is InChI=1S/C18H21NO4/c1-21-16-7-4-11(9-17(16)22-2)8-12-5-6-14-13(12)10-15(19-14)18(20)23-3/h4,7,9-10,12,19H,5-6,8H2,1-3H3. The summed E-state index contributed by atoms with van der Waals surface area (Å²) in [7, 11) is 4.68. The first kappa shape index (κ1) is 15.5. The van der Waals surface area contributed by atoms with Gasteiger partial charge in [-0.05, 0) is 54.5 Å². The van der Waals surface area contributed by atoms with Crippen molar-refractivity contribution in [1.29, 1.82) is 0 Å². The molecule has 0 aliphatic heterocycles. The monoisotopic (exact) mass is 315 g/mol. The zero-order chi connectivity index (χ0) is 16.4. The minimum absolute atomic E-state index is 0.315. The van der Waals surface area contributed by atoms with Crippen LogP contribution in [0.2, 0.25) is 0 Å². The minimum Gasteiger partial charge on any atom is -0.493 e. The summed E-state index contributed by atoms with van der Waals surface area (Å²) in [6.07, 6.45) is 2.95. The van der Waals surface area contributed by atoms with Gasteiger partial charge in [-0.1, -0.05) is 6.07 Å². The number of methoxy groups -OCH3 is 3. The molecule has 1 aromatic carbocycles. The van der Waals surface area contributed by atoms with Crippen molar-refractivity contribution >= 4 is 5.97 Å². The van der Waals surface area contributed by atoms with Crippen LogP contribution in [0.1, 0.15) is 39.6 Å². The van der Waals surface area contributed by atoms with Crippen molar-refractivity contribution in [3.63, 3.8) is 0 Å². The van der Waals surface area contributed by atoms with Gasteiger partial charge in [-0.15, -0.1) is 0 Å². The van der Waals surface area contributed by atoms with Gasteiger partial charge in [-0.2, -0.15) is 0 Å². The SMILES string of the molecule is COC(=O)c1cc2c([nH]1)CCC2Cc1ccc(OC)c(OC)c1. The van der Waals surface area contributed by atoms with Crippen LogP contribution >= 0.6 is 0 Å². The molecule has 3 rings (SSSR count). The molecular weight excluding hydrogens is 294 g/mol. The summed E-state index contributed by atoms with van der Waals surface area (Å²) in [5.74, 6) is 1.56. The Balaban J connectivity index is 1.81. The van der Waals surface area contributed by atoms with Gasteiger partial charge in [0.2, 0.25) is 0 Å². The Morgan fingerprint density at radius 1 is 1.17 bits per heavy atom. The summed E-state index contributed by atoms with van der Waals surface area (Å²) in [4.78, 5) is 14.8. The molecule has 1 atom stereocenters. The smallest absolute Gasteiger partial charge is 0.354 e. The molecule has 0 fully saturated rings. The molecule has 0 saturated heterocycles. The van der Waals surface area contributed by atoms with E-state index in [0.717, 1.165) is 36.5 Å². The number of hydrogen-bond acceptors (Lipinski definition) is 4. The number of ether oxygens (including phenoxy) is 3. The van der Waals surface area contributed by atoms with E-state index in [2.05, 4.69) is 11.1 Å². The lowest BCUT2D eigenvalue weighted by Crippen LogP contribution is -2.03. The predicted octanol–water partition coefficient (Wildman–Crippen LogP) is 3.09. The van der Waals surface area contributed by atoms with Crippen LogP contribution in [-0.2, 0) is 17.6 Å². The van der Waals surface area contributed by atoms with Gasteiger partial charge in [0.15, 0.2) is 11.5 Å². The van der Waals surface area contributed by atoms with Crippen molar-refractivity contribution in [3.05, 3.63) is 46.8 Å². The van der Waals surface area contributed by atoms with Crippen LogP contribution in [0.4, 0.5) is 0 Å². The number of rotatable bonds is 5. The van der Waals surface area contributed by atoms with Crippen LogP contribution < -0.4 is 9.47 Å². The Kier molecular flexibility index (Phi) is 4.28. The summed E-state index contributed by atoms with van der Waals surface area (Å²) in [5, 5.41) is 0. The second-order valence-electron chi connectivity index (χ2n) is 5.74. The topological polar surface area (TPSA) is 60.6 Å². The normalized spacial score (nSPS) is 16.0. The second-order valence-corrected chi connectivity index (χ2v) is 5.74. The van der Waals surface area contributed by atoms with Gasteiger partial charge < -0.3 is 19.2 Å². The number of aryl methyl sites for hydroxylation is 1. The molecule has 0 radical (unpaired) electrons. The third-order valence-electron chi connectivity index (χ3n) is 4.45. The highest BCUT2D eigenvalue weighted by atomic mass is 16.5. The number of H-pyrrole nitrogens is 1. The fraction of sp³-hybridized carbons (Fsp3) is 0.389. The maximum Gasteiger partial charge on any atom is 0.354 e. The van der Waals surface area contributed by atoms with Crippen molar-refractivity contribution in [2.75, 3.05) is 21.3 Å². The maximum atomic E-state index is 11.7. The van der Waals surface area contributed by atoms with E-state index in [0.29, 0.717) is 11.6 Å². The van der Waals surface area contributed by atoms with Crippen LogP contribution in [0.25, 0.3) is 0 Å². The molecule has 2 aromatic rings. The number of nitrogens with one attached hydrogen (secondary N) is 1. The second kappa shape index (κ2) is 6.36. The van der Waals surface area contributed by atoms with Gasteiger partial charge in [0.25, 0.3) is 0 Å². The molecule has 23 heavy (non-hydrogen) atoms. The maximum absolute atomic E-state index is 11.7. The van der Waals surface area contributed by atoms with Crippen LogP contribution in [0.5, 0.6) is 11.5 Å². The molecule has 1 N–H and O–H groups in total. The Hall–Kier alpha value is -2.43. The molecule has 1 heterocycles. The summed E-state index contributed by atoms with van der Waals surface area (Å²) >= 11 is 0. The fourth-order valence-corrected chi connectivity index (χ4v) is 3.28. The number of hydrogen-bond donors (Lipinski definition) is 1. The average Bonchev–Trinajstić information content (AvgIpc) is 3.16. The highest BCUT2D eigenvalue weighted by Gasteiger charge is 2.27. The van der Waals surface area contributed by atoms with Crippen LogP contribution in [-0.4, -0.2) is 32.3 Å². The molecule has 122 valence electrons. The number of benzene rings is 1. The van der Waals surface area contributed by atoms with E-state index in [-0.39, 0.29) is 5.97 Å². The summed E-state index contributed by atoms with van der Waals surface area (Å²) in [5.41, 5.74) is 4.10. The summed E-state index contributed by atoms with van der Waals surface area (Å²) in [6.45, 7) is 0. The van der Waals surface area contributed by atoms with E-state index in [1.807, 2.05) is 18.2 Å². The van der Waals surface area contributed by atoms with Gasteiger partial charge in [0.05, 0.1) is 21.3 Å². The molecule has 0 bridgehead atoms. The summed E-state index contributed by atoms with van der Waals surface area (Å²) < 4.78 is 15.4. The molecule has 1 aliphatic carbocycles. The predicted molar refractivity (Wildman–Crippen MR) is 86.4 cm³/mol. The Morgan fingerprint density at radius 3 is 2.65 bits per heavy atom. The number of aromatic amines is 1. The highest BCUT2D eigenvalue weighted by Crippen LogP contribution is 2.37. The van der Waals surface area contributed by atoms with E-state index >= 15 is 0 Å². The van der Waals surface area contributed by atoms with Crippen molar-refractivity contribution in [3.8, 4) is 11.5 Å². The first-order chi connectivity index (χ1) is 11.2. The molecule has 5 nitrogen and oxygen atoms in total. The van der Waals surface area contributed by atoms with Crippen molar-refractivity contribution < 1.29 is 19.0 Å². The number of esters is 1.